The fraction of sp³-hybridized carbons (Fsp3) is 0.360. The van der Waals surface area contributed by atoms with Crippen LogP contribution < -0.4 is 0 Å². The second kappa shape index (κ2) is 10.00. The van der Waals surface area contributed by atoms with Gasteiger partial charge in [0, 0.05) is 29.8 Å². The number of benzene rings is 2. The first-order chi connectivity index (χ1) is 16.1. The number of nitrogens with zero attached hydrogens (tertiary/aromatic N) is 1. The predicted molar refractivity (Wildman–Crippen MR) is 127 cm³/mol. The highest BCUT2D eigenvalue weighted by atomic mass is 32.2. The van der Waals surface area contributed by atoms with Crippen molar-refractivity contribution in [1.82, 2.24) is 4.90 Å². The number of alkyl halides is 3. The zero-order valence-electron chi connectivity index (χ0n) is 18.2. The lowest BCUT2D eigenvalue weighted by molar-refractivity contribution is -0.133. The van der Waals surface area contributed by atoms with Crippen LogP contribution in [-0.2, 0) is 29.0 Å². The number of Topliss-reactive ketones (excluding diaryl/α,β-unsaturated/α-hetero) is 2. The lowest BCUT2D eigenvalue weighted by atomic mass is 9.92. The van der Waals surface area contributed by atoms with Gasteiger partial charge >= 0.3 is 5.51 Å². The van der Waals surface area contributed by atoms with E-state index in [1.54, 1.807) is 23.1 Å². The van der Waals surface area contributed by atoms with E-state index in [0.29, 0.717) is 44.2 Å². The minimum Gasteiger partial charge on any atom is -0.324 e. The quantitative estimate of drug-likeness (QED) is 0.283. The molecule has 1 unspecified atom stereocenters. The fourth-order valence-electron chi connectivity index (χ4n) is 4.40. The number of thiocarbonyl (C=S) groups is 1. The highest BCUT2D eigenvalue weighted by Crippen LogP contribution is 2.36. The fourth-order valence-corrected chi connectivity index (χ4v) is 5.21. The number of hydrogen-bond donors (Lipinski definition) is 0. The Kier molecular flexibility index (Phi) is 7.23. The minimum atomic E-state index is -4.31. The normalized spacial score (nSPS) is 18.4. The van der Waals surface area contributed by atoms with Crippen LogP contribution in [0.4, 0.5) is 13.2 Å². The van der Waals surface area contributed by atoms with Gasteiger partial charge in [-0.2, -0.15) is 13.2 Å². The average molecular weight is 506 g/mol. The summed E-state index contributed by atoms with van der Waals surface area (Å²) in [6, 6.07) is 11.3. The van der Waals surface area contributed by atoms with Gasteiger partial charge in [0.2, 0.25) is 0 Å². The summed E-state index contributed by atoms with van der Waals surface area (Å²) in [7, 11) is 0. The van der Waals surface area contributed by atoms with Gasteiger partial charge in [-0.05, 0) is 70.8 Å². The maximum absolute atomic E-state index is 12.8. The monoisotopic (exact) mass is 505 g/mol. The van der Waals surface area contributed by atoms with Crippen LogP contribution in [0, 0.1) is 0 Å². The molecule has 4 rings (SSSR count). The van der Waals surface area contributed by atoms with Crippen LogP contribution in [0.25, 0.3) is 0 Å². The Hall–Kier alpha value is -2.52. The maximum atomic E-state index is 12.8. The van der Waals surface area contributed by atoms with E-state index in [1.807, 2.05) is 12.1 Å². The van der Waals surface area contributed by atoms with E-state index in [-0.39, 0.29) is 40.6 Å². The Morgan fingerprint density at radius 2 is 1.76 bits per heavy atom. The number of thioether (sulfide) groups is 1. The number of rotatable bonds is 7. The van der Waals surface area contributed by atoms with Crippen molar-refractivity contribution in [3.8, 4) is 0 Å². The molecule has 1 aliphatic heterocycles. The summed E-state index contributed by atoms with van der Waals surface area (Å²) in [5.41, 5.74) is -0.955. The molecule has 1 amide bonds. The standard InChI is InChI=1S/C25H22F3NO3S2/c26-25(27,28)34-20-7-2-16(3-8-20)12-19(33)6-1-15-4-9-21-17(11-15)14-29(24(21)32)22-10-5-18(30)13-23(22)31/h2-4,7-9,11,22H,1,5-6,10,12-14H2. The van der Waals surface area contributed by atoms with Crippen LogP contribution >= 0.6 is 24.0 Å². The van der Waals surface area contributed by atoms with Crippen molar-refractivity contribution in [2.75, 3.05) is 0 Å². The van der Waals surface area contributed by atoms with Gasteiger partial charge in [0.25, 0.3) is 5.91 Å². The molecule has 0 radical (unpaired) electrons. The molecule has 1 heterocycles. The van der Waals surface area contributed by atoms with Crippen LogP contribution in [-0.4, -0.2) is 38.8 Å². The Labute approximate surface area is 204 Å². The summed E-state index contributed by atoms with van der Waals surface area (Å²) >= 11 is 5.35. The highest BCUT2D eigenvalue weighted by molar-refractivity contribution is 8.00. The van der Waals surface area contributed by atoms with Crippen molar-refractivity contribution in [2.24, 2.45) is 0 Å². The molecule has 0 bridgehead atoms. The maximum Gasteiger partial charge on any atom is 0.446 e. The van der Waals surface area contributed by atoms with E-state index >= 15 is 0 Å². The predicted octanol–water partition coefficient (Wildman–Crippen LogP) is 5.49. The van der Waals surface area contributed by atoms with Gasteiger partial charge in [-0.15, -0.1) is 0 Å². The summed E-state index contributed by atoms with van der Waals surface area (Å²) in [6.45, 7) is 0.360. The molecular formula is C25H22F3NO3S2. The lowest BCUT2D eigenvalue weighted by Gasteiger charge is -2.29. The number of aryl methyl sites for hydroxylation is 1. The number of amides is 1. The molecule has 178 valence electrons. The molecule has 1 saturated carbocycles. The molecule has 1 fully saturated rings. The van der Waals surface area contributed by atoms with Gasteiger partial charge in [-0.1, -0.05) is 36.5 Å². The van der Waals surface area contributed by atoms with Gasteiger partial charge in [0.15, 0.2) is 5.78 Å². The highest BCUT2D eigenvalue weighted by Gasteiger charge is 2.38. The van der Waals surface area contributed by atoms with Crippen LogP contribution in [0.2, 0.25) is 0 Å². The Bertz CT molecular complexity index is 1150. The first kappa shape index (κ1) is 24.6. The Morgan fingerprint density at radius 1 is 1.06 bits per heavy atom. The number of hydrogen-bond acceptors (Lipinski definition) is 5. The third-order valence-corrected chi connectivity index (χ3v) is 7.16. The van der Waals surface area contributed by atoms with E-state index in [9.17, 15) is 27.6 Å². The van der Waals surface area contributed by atoms with Gasteiger partial charge in [-0.25, -0.2) is 0 Å². The van der Waals surface area contributed by atoms with Crippen LogP contribution in [0.1, 0.15) is 52.7 Å². The van der Waals surface area contributed by atoms with Crippen LogP contribution in [0.3, 0.4) is 0 Å². The van der Waals surface area contributed by atoms with Crippen molar-refractivity contribution >= 4 is 46.3 Å². The number of ketones is 2. The molecule has 4 nitrogen and oxygen atoms in total. The van der Waals surface area contributed by atoms with Crippen molar-refractivity contribution < 1.29 is 27.6 Å². The molecular weight excluding hydrogens is 483 g/mol. The first-order valence-electron chi connectivity index (χ1n) is 10.9. The smallest absolute Gasteiger partial charge is 0.324 e. The van der Waals surface area contributed by atoms with E-state index in [1.165, 1.54) is 12.1 Å². The SMILES string of the molecule is O=C1CCC(N2Cc3cc(CCC(=S)Cc4ccc(SC(F)(F)F)cc4)ccc3C2=O)C(=O)C1. The summed E-state index contributed by atoms with van der Waals surface area (Å²) in [5, 5.41) is 0. The van der Waals surface area contributed by atoms with Gasteiger partial charge < -0.3 is 4.90 Å². The lowest BCUT2D eigenvalue weighted by Crippen LogP contribution is -2.44. The van der Waals surface area contributed by atoms with E-state index in [0.717, 1.165) is 21.6 Å². The van der Waals surface area contributed by atoms with Crippen molar-refractivity contribution in [3.05, 3.63) is 64.7 Å². The number of fused-ring (bicyclic) bond motifs is 1. The third-order valence-electron chi connectivity index (χ3n) is 6.07. The molecule has 0 spiro atoms. The molecule has 1 atom stereocenters. The molecule has 0 saturated heterocycles. The molecule has 0 N–H and O–H groups in total. The van der Waals surface area contributed by atoms with Crippen molar-refractivity contribution in [1.29, 1.82) is 0 Å². The van der Waals surface area contributed by atoms with Crippen molar-refractivity contribution in [3.63, 3.8) is 0 Å². The van der Waals surface area contributed by atoms with Crippen LogP contribution in [0.15, 0.2) is 47.4 Å². The number of halogens is 3. The summed E-state index contributed by atoms with van der Waals surface area (Å²) in [4.78, 5) is 39.1. The van der Waals surface area contributed by atoms with E-state index < -0.39 is 11.6 Å². The minimum absolute atomic E-state index is 0.0696. The summed E-state index contributed by atoms with van der Waals surface area (Å²) < 4.78 is 37.4. The van der Waals surface area contributed by atoms with Gasteiger partial charge in [-0.3, -0.25) is 14.4 Å². The Morgan fingerprint density at radius 3 is 2.44 bits per heavy atom. The summed E-state index contributed by atoms with van der Waals surface area (Å²) in [6.07, 6.45) is 2.42. The summed E-state index contributed by atoms with van der Waals surface area (Å²) in [5.74, 6) is -0.426. The first-order valence-corrected chi connectivity index (χ1v) is 12.1. The zero-order valence-corrected chi connectivity index (χ0v) is 19.8. The second-order valence-corrected chi connectivity index (χ2v) is 10.3. The van der Waals surface area contributed by atoms with Gasteiger partial charge in [0.1, 0.15) is 5.78 Å². The number of carbonyl (C=O) groups is 3. The molecule has 2 aliphatic rings. The zero-order chi connectivity index (χ0) is 24.5. The van der Waals surface area contributed by atoms with Crippen LogP contribution in [0.5, 0.6) is 0 Å². The van der Waals surface area contributed by atoms with Gasteiger partial charge in [0.05, 0.1) is 12.5 Å². The number of carbonyl (C=O) groups excluding carboxylic acids is 3. The third kappa shape index (κ3) is 5.93. The average Bonchev–Trinajstić information content (AvgIpc) is 3.08. The molecule has 0 aromatic heterocycles. The molecule has 1 aliphatic carbocycles. The van der Waals surface area contributed by atoms with E-state index in [2.05, 4.69) is 0 Å². The second-order valence-electron chi connectivity index (χ2n) is 8.57. The Balaban J connectivity index is 1.32. The topological polar surface area (TPSA) is 54.5 Å². The molecule has 2 aromatic carbocycles. The largest absolute Gasteiger partial charge is 0.446 e. The molecule has 2 aromatic rings. The molecule has 34 heavy (non-hydrogen) atoms. The van der Waals surface area contributed by atoms with Crippen molar-refractivity contribution in [2.45, 2.75) is 61.5 Å². The molecule has 9 heteroatoms. The van der Waals surface area contributed by atoms with E-state index in [4.69, 9.17) is 12.2 Å².